The van der Waals surface area contributed by atoms with E-state index in [2.05, 4.69) is 17.2 Å². The number of methoxy groups -OCH3 is 1. The molecule has 0 aliphatic heterocycles. The summed E-state index contributed by atoms with van der Waals surface area (Å²) in [6.45, 7) is 4.06. The number of halogens is 1. The van der Waals surface area contributed by atoms with Gasteiger partial charge in [-0.05, 0) is 13.0 Å². The fourth-order valence-electron chi connectivity index (χ4n) is 1.58. The highest BCUT2D eigenvalue weighted by molar-refractivity contribution is 5.35. The number of hydrogen-bond donors (Lipinski definition) is 1. The lowest BCUT2D eigenvalue weighted by Crippen LogP contribution is -2.19. The van der Waals surface area contributed by atoms with Gasteiger partial charge >= 0.3 is 0 Å². The quantitative estimate of drug-likeness (QED) is 0.578. The topological polar surface area (TPSA) is 30.5 Å². The van der Waals surface area contributed by atoms with Gasteiger partial charge in [-0.3, -0.25) is 0 Å². The van der Waals surface area contributed by atoms with Gasteiger partial charge < -0.3 is 14.8 Å². The van der Waals surface area contributed by atoms with Crippen LogP contribution in [0.1, 0.15) is 18.9 Å². The van der Waals surface area contributed by atoms with Crippen LogP contribution in [0, 0.1) is 17.7 Å². The standard InChI is InChI=1S/C15H20FNO2/c1-3-4-5-10-19-15-13(7-6-8-14(15)16)12-17-9-11-18-2/h6-8,17H,5,9-12H2,1-2H3. The smallest absolute Gasteiger partial charge is 0.165 e. The van der Waals surface area contributed by atoms with Crippen molar-refractivity contribution in [3.8, 4) is 17.6 Å². The Bertz CT molecular complexity index is 438. The number of hydrogen-bond acceptors (Lipinski definition) is 3. The van der Waals surface area contributed by atoms with Gasteiger partial charge in [0.15, 0.2) is 11.6 Å². The zero-order chi connectivity index (χ0) is 13.9. The van der Waals surface area contributed by atoms with E-state index in [0.29, 0.717) is 38.5 Å². The lowest BCUT2D eigenvalue weighted by Gasteiger charge is -2.12. The molecule has 0 aliphatic rings. The molecule has 1 N–H and O–H groups in total. The Balaban J connectivity index is 2.57. The fraction of sp³-hybridized carbons (Fsp3) is 0.467. The highest BCUT2D eigenvalue weighted by atomic mass is 19.1. The third kappa shape index (κ3) is 5.73. The summed E-state index contributed by atoms with van der Waals surface area (Å²) >= 11 is 0. The Morgan fingerprint density at radius 2 is 2.16 bits per heavy atom. The zero-order valence-corrected chi connectivity index (χ0v) is 11.5. The van der Waals surface area contributed by atoms with Crippen LogP contribution in [-0.4, -0.2) is 26.9 Å². The van der Waals surface area contributed by atoms with Gasteiger partial charge in [0.25, 0.3) is 0 Å². The van der Waals surface area contributed by atoms with Crippen LogP contribution < -0.4 is 10.1 Å². The first-order valence-corrected chi connectivity index (χ1v) is 6.29. The van der Waals surface area contributed by atoms with Gasteiger partial charge in [-0.2, -0.15) is 0 Å². The predicted octanol–water partition coefficient (Wildman–Crippen LogP) is 2.35. The summed E-state index contributed by atoms with van der Waals surface area (Å²) in [7, 11) is 1.65. The molecule has 19 heavy (non-hydrogen) atoms. The molecule has 0 unspecified atom stereocenters. The van der Waals surface area contributed by atoms with E-state index in [1.54, 1.807) is 20.1 Å². The van der Waals surface area contributed by atoms with E-state index in [1.165, 1.54) is 6.07 Å². The molecule has 3 nitrogen and oxygen atoms in total. The van der Waals surface area contributed by atoms with Gasteiger partial charge in [0.1, 0.15) is 0 Å². The van der Waals surface area contributed by atoms with Crippen LogP contribution in [0.25, 0.3) is 0 Å². The largest absolute Gasteiger partial charge is 0.489 e. The molecular weight excluding hydrogens is 245 g/mol. The summed E-state index contributed by atoms with van der Waals surface area (Å²) in [5, 5.41) is 3.17. The van der Waals surface area contributed by atoms with Crippen LogP contribution in [0.4, 0.5) is 4.39 Å². The van der Waals surface area contributed by atoms with Gasteiger partial charge in [-0.1, -0.05) is 12.1 Å². The minimum Gasteiger partial charge on any atom is -0.489 e. The number of benzene rings is 1. The molecule has 0 bridgehead atoms. The molecule has 0 atom stereocenters. The normalized spacial score (nSPS) is 9.84. The summed E-state index contributed by atoms with van der Waals surface area (Å²) in [6, 6.07) is 4.94. The average Bonchev–Trinajstić information content (AvgIpc) is 2.42. The van der Waals surface area contributed by atoms with Gasteiger partial charge in [-0.15, -0.1) is 11.8 Å². The van der Waals surface area contributed by atoms with Crippen molar-refractivity contribution in [2.45, 2.75) is 19.9 Å². The second kappa shape index (κ2) is 9.37. The monoisotopic (exact) mass is 265 g/mol. The zero-order valence-electron chi connectivity index (χ0n) is 11.5. The first-order valence-electron chi connectivity index (χ1n) is 6.29. The maximum atomic E-state index is 13.7. The third-order valence-electron chi connectivity index (χ3n) is 2.50. The lowest BCUT2D eigenvalue weighted by molar-refractivity contribution is 0.199. The maximum absolute atomic E-state index is 13.7. The van der Waals surface area contributed by atoms with Crippen molar-refractivity contribution >= 4 is 0 Å². The number of nitrogens with one attached hydrogen (secondary N) is 1. The van der Waals surface area contributed by atoms with Gasteiger partial charge in [0.2, 0.25) is 0 Å². The van der Waals surface area contributed by atoms with E-state index in [4.69, 9.17) is 9.47 Å². The van der Waals surface area contributed by atoms with Crippen LogP contribution in [0.15, 0.2) is 18.2 Å². The maximum Gasteiger partial charge on any atom is 0.165 e. The SMILES string of the molecule is CC#CCCOc1c(F)cccc1CNCCOC. The molecule has 0 radical (unpaired) electrons. The Hall–Kier alpha value is -1.57. The molecule has 0 saturated heterocycles. The molecule has 1 rings (SSSR count). The fourth-order valence-corrected chi connectivity index (χ4v) is 1.58. The molecule has 0 amide bonds. The summed E-state index contributed by atoms with van der Waals surface area (Å²) in [5.41, 5.74) is 0.806. The molecule has 104 valence electrons. The second-order valence-electron chi connectivity index (χ2n) is 3.92. The third-order valence-corrected chi connectivity index (χ3v) is 2.50. The van der Waals surface area contributed by atoms with Gasteiger partial charge in [0.05, 0.1) is 13.2 Å². The van der Waals surface area contributed by atoms with E-state index in [1.807, 2.05) is 6.07 Å². The van der Waals surface area contributed by atoms with Crippen molar-refractivity contribution < 1.29 is 13.9 Å². The van der Waals surface area contributed by atoms with Crippen LogP contribution in [0.2, 0.25) is 0 Å². The lowest BCUT2D eigenvalue weighted by atomic mass is 10.2. The molecule has 0 heterocycles. The predicted molar refractivity (Wildman–Crippen MR) is 73.5 cm³/mol. The van der Waals surface area contributed by atoms with Gasteiger partial charge in [0, 0.05) is 32.2 Å². The minimum absolute atomic E-state index is 0.310. The first-order chi connectivity index (χ1) is 9.29. The van der Waals surface area contributed by atoms with Crippen molar-refractivity contribution in [1.82, 2.24) is 5.32 Å². The van der Waals surface area contributed by atoms with Gasteiger partial charge in [-0.25, -0.2) is 4.39 Å². The molecule has 0 saturated carbocycles. The number of rotatable bonds is 8. The van der Waals surface area contributed by atoms with E-state index < -0.39 is 0 Å². The Morgan fingerprint density at radius 1 is 1.32 bits per heavy atom. The molecular formula is C15H20FNO2. The highest BCUT2D eigenvalue weighted by Gasteiger charge is 2.09. The summed E-state index contributed by atoms with van der Waals surface area (Å²) in [6.07, 6.45) is 0.599. The number of ether oxygens (including phenoxy) is 2. The molecule has 1 aromatic carbocycles. The molecule has 1 aromatic rings. The van der Waals surface area contributed by atoms with Crippen LogP contribution in [0.3, 0.4) is 0 Å². The Morgan fingerprint density at radius 3 is 2.89 bits per heavy atom. The van der Waals surface area contributed by atoms with E-state index in [0.717, 1.165) is 5.56 Å². The number of para-hydroxylation sites is 1. The minimum atomic E-state index is -0.338. The molecule has 0 spiro atoms. The summed E-state index contributed by atoms with van der Waals surface area (Å²) in [4.78, 5) is 0. The van der Waals surface area contributed by atoms with Crippen LogP contribution in [0.5, 0.6) is 5.75 Å². The van der Waals surface area contributed by atoms with Crippen molar-refractivity contribution in [2.75, 3.05) is 26.9 Å². The molecule has 0 fully saturated rings. The van der Waals surface area contributed by atoms with E-state index >= 15 is 0 Å². The second-order valence-corrected chi connectivity index (χ2v) is 3.92. The molecule has 0 aliphatic carbocycles. The molecule has 4 heteroatoms. The molecule has 0 aromatic heterocycles. The first kappa shape index (κ1) is 15.5. The Labute approximate surface area is 114 Å². The van der Waals surface area contributed by atoms with Crippen molar-refractivity contribution in [2.24, 2.45) is 0 Å². The summed E-state index contributed by atoms with van der Waals surface area (Å²) < 4.78 is 24.1. The van der Waals surface area contributed by atoms with Crippen molar-refractivity contribution in [1.29, 1.82) is 0 Å². The van der Waals surface area contributed by atoms with Crippen LogP contribution >= 0.6 is 0 Å². The van der Waals surface area contributed by atoms with E-state index in [9.17, 15) is 4.39 Å². The summed E-state index contributed by atoms with van der Waals surface area (Å²) in [5.74, 6) is 5.64. The van der Waals surface area contributed by atoms with Crippen molar-refractivity contribution in [3.63, 3.8) is 0 Å². The highest BCUT2D eigenvalue weighted by Crippen LogP contribution is 2.22. The average molecular weight is 265 g/mol. The van der Waals surface area contributed by atoms with Crippen molar-refractivity contribution in [3.05, 3.63) is 29.6 Å². The Kier molecular flexibility index (Phi) is 7.64. The van der Waals surface area contributed by atoms with E-state index in [-0.39, 0.29) is 5.82 Å². The van der Waals surface area contributed by atoms with Crippen LogP contribution in [-0.2, 0) is 11.3 Å².